The fraction of sp³-hybridized carbons (Fsp3) is 0.438. The average molecular weight is 288 g/mol. The van der Waals surface area contributed by atoms with Crippen molar-refractivity contribution in [1.29, 1.82) is 5.26 Å². The molecule has 0 unspecified atom stereocenters. The van der Waals surface area contributed by atoms with Gasteiger partial charge in [0.05, 0.1) is 18.1 Å². The first kappa shape index (κ1) is 16.7. The van der Waals surface area contributed by atoms with Crippen LogP contribution in [0.2, 0.25) is 0 Å². The summed E-state index contributed by atoms with van der Waals surface area (Å²) in [7, 11) is 0. The molecule has 0 spiro atoms. The fourth-order valence-corrected chi connectivity index (χ4v) is 1.60. The molecule has 5 heteroatoms. The minimum atomic E-state index is -0.865. The van der Waals surface area contributed by atoms with E-state index >= 15 is 0 Å². The molecule has 0 aliphatic carbocycles. The predicted molar refractivity (Wildman–Crippen MR) is 79.4 cm³/mol. The summed E-state index contributed by atoms with van der Waals surface area (Å²) in [5.41, 5.74) is 0.885. The molecule has 0 saturated heterocycles. The Morgan fingerprint density at radius 2 is 1.86 bits per heavy atom. The third-order valence-corrected chi connectivity index (χ3v) is 2.63. The molecule has 21 heavy (non-hydrogen) atoms. The molecule has 1 amide bonds. The van der Waals surface area contributed by atoms with Crippen LogP contribution in [0.4, 0.5) is 5.69 Å². The standard InChI is InChI=1S/C16H20N2O3/c1-11(21-14(19)9-16(2,3)4)15(20)18-13-7-5-12(10-17)6-8-13/h5-8,11H,9H2,1-4H3,(H,18,20)/t11-/m1/s1. The predicted octanol–water partition coefficient (Wildman–Crippen LogP) is 2.86. The lowest BCUT2D eigenvalue weighted by Crippen LogP contribution is -2.31. The third-order valence-electron chi connectivity index (χ3n) is 2.63. The van der Waals surface area contributed by atoms with Crippen LogP contribution in [0.3, 0.4) is 0 Å². The third kappa shape index (κ3) is 6.09. The molecule has 1 aromatic carbocycles. The summed E-state index contributed by atoms with van der Waals surface area (Å²) in [4.78, 5) is 23.6. The highest BCUT2D eigenvalue weighted by atomic mass is 16.5. The summed E-state index contributed by atoms with van der Waals surface area (Å²) >= 11 is 0. The maximum Gasteiger partial charge on any atom is 0.307 e. The number of benzene rings is 1. The minimum Gasteiger partial charge on any atom is -0.453 e. The van der Waals surface area contributed by atoms with E-state index in [2.05, 4.69) is 5.32 Å². The summed E-state index contributed by atoms with van der Waals surface area (Å²) in [6.45, 7) is 7.31. The summed E-state index contributed by atoms with van der Waals surface area (Å²) in [5, 5.41) is 11.3. The SMILES string of the molecule is C[C@@H](OC(=O)CC(C)(C)C)C(=O)Nc1ccc(C#N)cc1. The van der Waals surface area contributed by atoms with E-state index in [4.69, 9.17) is 10.00 Å². The molecule has 0 heterocycles. The van der Waals surface area contributed by atoms with Gasteiger partial charge in [0.1, 0.15) is 0 Å². The van der Waals surface area contributed by atoms with Gasteiger partial charge in [-0.2, -0.15) is 5.26 Å². The topological polar surface area (TPSA) is 79.2 Å². The Balaban J connectivity index is 2.54. The number of amides is 1. The first-order valence-electron chi connectivity index (χ1n) is 6.72. The number of nitrogens with one attached hydrogen (secondary N) is 1. The Morgan fingerprint density at radius 1 is 1.29 bits per heavy atom. The zero-order chi connectivity index (χ0) is 16.0. The van der Waals surface area contributed by atoms with Gasteiger partial charge in [0, 0.05) is 5.69 Å². The van der Waals surface area contributed by atoms with Crippen LogP contribution in [0, 0.1) is 16.7 Å². The van der Waals surface area contributed by atoms with E-state index in [0.29, 0.717) is 11.3 Å². The van der Waals surface area contributed by atoms with E-state index in [1.165, 1.54) is 6.92 Å². The van der Waals surface area contributed by atoms with E-state index < -0.39 is 18.0 Å². The van der Waals surface area contributed by atoms with Crippen molar-refractivity contribution in [3.05, 3.63) is 29.8 Å². The number of anilines is 1. The summed E-state index contributed by atoms with van der Waals surface area (Å²) < 4.78 is 5.10. The zero-order valence-corrected chi connectivity index (χ0v) is 12.8. The van der Waals surface area contributed by atoms with E-state index in [0.717, 1.165) is 0 Å². The molecule has 1 N–H and O–H groups in total. The Bertz CT molecular complexity index is 550. The van der Waals surface area contributed by atoms with Crippen LogP contribution >= 0.6 is 0 Å². The van der Waals surface area contributed by atoms with Crippen LogP contribution in [0.15, 0.2) is 24.3 Å². The number of hydrogen-bond acceptors (Lipinski definition) is 4. The number of ether oxygens (including phenoxy) is 1. The van der Waals surface area contributed by atoms with Crippen molar-refractivity contribution in [3.63, 3.8) is 0 Å². The van der Waals surface area contributed by atoms with Gasteiger partial charge in [-0.15, -0.1) is 0 Å². The molecule has 5 nitrogen and oxygen atoms in total. The first-order chi connectivity index (χ1) is 9.71. The second-order valence-corrected chi connectivity index (χ2v) is 6.05. The van der Waals surface area contributed by atoms with Crippen LogP contribution in [-0.2, 0) is 14.3 Å². The minimum absolute atomic E-state index is 0.180. The summed E-state index contributed by atoms with van der Waals surface area (Å²) in [6, 6.07) is 8.45. The van der Waals surface area contributed by atoms with Crippen molar-refractivity contribution in [2.24, 2.45) is 5.41 Å². The van der Waals surface area contributed by atoms with Gasteiger partial charge in [0.25, 0.3) is 5.91 Å². The molecule has 0 aliphatic rings. The molecule has 0 aliphatic heterocycles. The number of esters is 1. The fourth-order valence-electron chi connectivity index (χ4n) is 1.60. The molecule has 0 bridgehead atoms. The van der Waals surface area contributed by atoms with Crippen molar-refractivity contribution in [2.75, 3.05) is 5.32 Å². The Labute approximate surface area is 124 Å². The van der Waals surface area contributed by atoms with E-state index in [9.17, 15) is 9.59 Å². The number of nitrogens with zero attached hydrogens (tertiary/aromatic N) is 1. The van der Waals surface area contributed by atoms with Crippen molar-refractivity contribution in [1.82, 2.24) is 0 Å². The molecule has 1 aromatic rings. The van der Waals surface area contributed by atoms with Crippen LogP contribution in [-0.4, -0.2) is 18.0 Å². The highest BCUT2D eigenvalue weighted by Crippen LogP contribution is 2.19. The van der Waals surface area contributed by atoms with Crippen molar-refractivity contribution in [2.45, 2.75) is 40.2 Å². The number of rotatable bonds is 4. The van der Waals surface area contributed by atoms with Crippen LogP contribution in [0.5, 0.6) is 0 Å². The maximum atomic E-state index is 11.9. The molecular formula is C16H20N2O3. The van der Waals surface area contributed by atoms with Gasteiger partial charge in [-0.1, -0.05) is 20.8 Å². The van der Waals surface area contributed by atoms with Crippen LogP contribution in [0.1, 0.15) is 39.7 Å². The monoisotopic (exact) mass is 288 g/mol. The van der Waals surface area contributed by atoms with Gasteiger partial charge in [-0.3, -0.25) is 9.59 Å². The van der Waals surface area contributed by atoms with E-state index in [1.54, 1.807) is 24.3 Å². The van der Waals surface area contributed by atoms with Gasteiger partial charge in [-0.25, -0.2) is 0 Å². The Hall–Kier alpha value is -2.35. The molecule has 1 atom stereocenters. The van der Waals surface area contributed by atoms with Gasteiger partial charge in [0.2, 0.25) is 0 Å². The number of carbonyl (C=O) groups excluding carboxylic acids is 2. The van der Waals surface area contributed by atoms with Crippen LogP contribution in [0.25, 0.3) is 0 Å². The Kier molecular flexibility index (Phi) is 5.48. The number of carbonyl (C=O) groups is 2. The summed E-state index contributed by atoms with van der Waals surface area (Å²) in [5.74, 6) is -0.799. The van der Waals surface area contributed by atoms with Crippen molar-refractivity contribution < 1.29 is 14.3 Å². The highest BCUT2D eigenvalue weighted by molar-refractivity contribution is 5.95. The van der Waals surface area contributed by atoms with Crippen LogP contribution < -0.4 is 5.32 Å². The largest absolute Gasteiger partial charge is 0.453 e. The van der Waals surface area contributed by atoms with Crippen molar-refractivity contribution >= 4 is 17.6 Å². The van der Waals surface area contributed by atoms with Gasteiger partial charge >= 0.3 is 5.97 Å². The smallest absolute Gasteiger partial charge is 0.307 e. The average Bonchev–Trinajstić information content (AvgIpc) is 2.37. The second-order valence-electron chi connectivity index (χ2n) is 6.05. The quantitative estimate of drug-likeness (QED) is 0.864. The first-order valence-corrected chi connectivity index (χ1v) is 6.72. The van der Waals surface area contributed by atoms with Gasteiger partial charge in [-0.05, 0) is 36.6 Å². The molecule has 0 radical (unpaired) electrons. The van der Waals surface area contributed by atoms with E-state index in [-0.39, 0.29) is 11.8 Å². The molecule has 0 saturated carbocycles. The number of hydrogen-bond donors (Lipinski definition) is 1. The summed E-state index contributed by atoms with van der Waals surface area (Å²) in [6.07, 6.45) is -0.614. The normalized spacial score (nSPS) is 12.1. The maximum absolute atomic E-state index is 11.9. The molecule has 0 fully saturated rings. The van der Waals surface area contributed by atoms with Gasteiger partial charge < -0.3 is 10.1 Å². The molecule has 112 valence electrons. The zero-order valence-electron chi connectivity index (χ0n) is 12.8. The Morgan fingerprint density at radius 3 is 2.33 bits per heavy atom. The molecular weight excluding hydrogens is 268 g/mol. The van der Waals surface area contributed by atoms with Gasteiger partial charge in [0.15, 0.2) is 6.10 Å². The lowest BCUT2D eigenvalue weighted by atomic mass is 9.92. The highest BCUT2D eigenvalue weighted by Gasteiger charge is 2.22. The molecule has 1 rings (SSSR count). The lowest BCUT2D eigenvalue weighted by Gasteiger charge is -2.19. The second kappa shape index (κ2) is 6.89. The van der Waals surface area contributed by atoms with Crippen molar-refractivity contribution in [3.8, 4) is 6.07 Å². The molecule has 0 aromatic heterocycles. The van der Waals surface area contributed by atoms with E-state index in [1.807, 2.05) is 26.8 Å². The lowest BCUT2D eigenvalue weighted by molar-refractivity contribution is -0.154. The number of nitriles is 1.